The molecule has 0 saturated carbocycles. The second-order valence-electron chi connectivity index (χ2n) is 4.05. The van der Waals surface area contributed by atoms with Gasteiger partial charge in [0.1, 0.15) is 18.4 Å². The lowest BCUT2D eigenvalue weighted by Gasteiger charge is -2.17. The molecule has 0 aliphatic heterocycles. The van der Waals surface area contributed by atoms with Gasteiger partial charge < -0.3 is 20.3 Å². The SMILES string of the molecule is CC(O)c1cc(Cl)c(C#N)c(C=O)c1OCCNC(=O)O. The molecule has 1 unspecified atom stereocenters. The summed E-state index contributed by atoms with van der Waals surface area (Å²) >= 11 is 5.89. The maximum atomic E-state index is 11.2. The molecule has 3 N–H and O–H groups in total. The first-order valence-corrected chi connectivity index (χ1v) is 6.29. The Hall–Kier alpha value is -2.30. The van der Waals surface area contributed by atoms with E-state index in [2.05, 4.69) is 5.32 Å². The summed E-state index contributed by atoms with van der Waals surface area (Å²) in [7, 11) is 0. The van der Waals surface area contributed by atoms with E-state index in [9.17, 15) is 14.7 Å². The fourth-order valence-electron chi connectivity index (χ4n) is 1.68. The molecule has 0 saturated heterocycles. The van der Waals surface area contributed by atoms with E-state index < -0.39 is 12.2 Å². The minimum atomic E-state index is -1.21. The number of aliphatic hydroxyl groups excluding tert-OH is 1. The van der Waals surface area contributed by atoms with Gasteiger partial charge in [0.2, 0.25) is 0 Å². The molecule has 112 valence electrons. The zero-order valence-electron chi connectivity index (χ0n) is 11.1. The van der Waals surface area contributed by atoms with Crippen LogP contribution in [0.1, 0.15) is 34.5 Å². The molecule has 1 amide bonds. The Morgan fingerprint density at radius 2 is 2.33 bits per heavy atom. The molecule has 0 heterocycles. The van der Waals surface area contributed by atoms with Gasteiger partial charge in [0.05, 0.1) is 28.8 Å². The van der Waals surface area contributed by atoms with Crippen LogP contribution in [-0.4, -0.2) is 35.7 Å². The van der Waals surface area contributed by atoms with Crippen LogP contribution in [0.15, 0.2) is 6.07 Å². The van der Waals surface area contributed by atoms with Crippen molar-refractivity contribution in [1.29, 1.82) is 5.26 Å². The van der Waals surface area contributed by atoms with Crippen molar-refractivity contribution in [3.05, 3.63) is 27.8 Å². The smallest absolute Gasteiger partial charge is 0.404 e. The summed E-state index contributed by atoms with van der Waals surface area (Å²) in [6, 6.07) is 3.14. The summed E-state index contributed by atoms with van der Waals surface area (Å²) in [5.41, 5.74) is 0.116. The van der Waals surface area contributed by atoms with Crippen molar-refractivity contribution < 1.29 is 24.5 Å². The number of amides is 1. The van der Waals surface area contributed by atoms with E-state index in [-0.39, 0.29) is 40.6 Å². The van der Waals surface area contributed by atoms with Gasteiger partial charge in [-0.15, -0.1) is 0 Å². The summed E-state index contributed by atoms with van der Waals surface area (Å²) in [5, 5.41) is 29.3. The first-order chi connectivity index (χ1) is 9.92. The second-order valence-corrected chi connectivity index (χ2v) is 4.46. The largest absolute Gasteiger partial charge is 0.491 e. The van der Waals surface area contributed by atoms with E-state index in [0.717, 1.165) is 0 Å². The lowest BCUT2D eigenvalue weighted by molar-refractivity contribution is 0.111. The minimum Gasteiger partial charge on any atom is -0.491 e. The molecule has 0 aliphatic rings. The van der Waals surface area contributed by atoms with Crippen LogP contribution in [0.25, 0.3) is 0 Å². The van der Waals surface area contributed by atoms with E-state index in [1.165, 1.54) is 13.0 Å². The van der Waals surface area contributed by atoms with Crippen molar-refractivity contribution in [1.82, 2.24) is 5.32 Å². The first kappa shape index (κ1) is 16.8. The first-order valence-electron chi connectivity index (χ1n) is 5.91. The number of carbonyl (C=O) groups excluding carboxylic acids is 1. The van der Waals surface area contributed by atoms with E-state index in [0.29, 0.717) is 6.29 Å². The Kier molecular flexibility index (Phi) is 5.96. The van der Waals surface area contributed by atoms with E-state index in [4.69, 9.17) is 26.7 Å². The zero-order valence-corrected chi connectivity index (χ0v) is 11.8. The average Bonchev–Trinajstić information content (AvgIpc) is 2.42. The van der Waals surface area contributed by atoms with Gasteiger partial charge in [0.25, 0.3) is 0 Å². The number of hydrogen-bond donors (Lipinski definition) is 3. The quantitative estimate of drug-likeness (QED) is 0.543. The van der Waals surface area contributed by atoms with Crippen LogP contribution in [0, 0.1) is 11.3 Å². The van der Waals surface area contributed by atoms with E-state index in [1.54, 1.807) is 6.07 Å². The number of ether oxygens (including phenoxy) is 1. The van der Waals surface area contributed by atoms with Crippen molar-refractivity contribution in [3.8, 4) is 11.8 Å². The number of hydrogen-bond acceptors (Lipinski definition) is 5. The fraction of sp³-hybridized carbons (Fsp3) is 0.308. The Bertz CT molecular complexity index is 595. The lowest BCUT2D eigenvalue weighted by Crippen LogP contribution is -2.26. The van der Waals surface area contributed by atoms with Crippen molar-refractivity contribution in [2.24, 2.45) is 0 Å². The highest BCUT2D eigenvalue weighted by molar-refractivity contribution is 6.32. The molecule has 0 aliphatic carbocycles. The molecule has 7 nitrogen and oxygen atoms in total. The number of nitriles is 1. The monoisotopic (exact) mass is 312 g/mol. The van der Waals surface area contributed by atoms with Gasteiger partial charge in [-0.05, 0) is 13.0 Å². The number of nitrogens with zero attached hydrogens (tertiary/aromatic N) is 1. The molecule has 1 atom stereocenters. The van der Waals surface area contributed by atoms with Gasteiger partial charge in [-0.1, -0.05) is 11.6 Å². The molecule has 1 aromatic rings. The van der Waals surface area contributed by atoms with E-state index >= 15 is 0 Å². The third-order valence-corrected chi connectivity index (χ3v) is 2.90. The van der Waals surface area contributed by atoms with Crippen LogP contribution >= 0.6 is 11.6 Å². The van der Waals surface area contributed by atoms with Gasteiger partial charge in [0, 0.05) is 5.56 Å². The van der Waals surface area contributed by atoms with E-state index in [1.807, 2.05) is 0 Å². The number of carbonyl (C=O) groups is 2. The molecule has 1 rings (SSSR count). The van der Waals surface area contributed by atoms with Crippen LogP contribution in [-0.2, 0) is 0 Å². The molecule has 21 heavy (non-hydrogen) atoms. The zero-order chi connectivity index (χ0) is 16.0. The fourth-order valence-corrected chi connectivity index (χ4v) is 1.94. The average molecular weight is 313 g/mol. The number of aliphatic hydroxyl groups is 1. The number of aldehydes is 1. The molecule has 8 heteroatoms. The molecule has 1 aromatic carbocycles. The number of nitrogens with one attached hydrogen (secondary N) is 1. The topological polar surface area (TPSA) is 120 Å². The van der Waals surface area contributed by atoms with Gasteiger partial charge in [-0.25, -0.2) is 4.79 Å². The minimum absolute atomic E-state index is 0.0165. The van der Waals surface area contributed by atoms with Crippen LogP contribution < -0.4 is 10.1 Å². The number of rotatable bonds is 6. The Labute approximate surface area is 125 Å². The molecule has 0 fully saturated rings. The molecule has 0 spiro atoms. The van der Waals surface area contributed by atoms with Crippen LogP contribution in [0.3, 0.4) is 0 Å². The number of halogens is 1. The number of carboxylic acid groups (broad SMARTS) is 1. The second kappa shape index (κ2) is 7.47. The highest BCUT2D eigenvalue weighted by Gasteiger charge is 2.20. The Morgan fingerprint density at radius 3 is 2.81 bits per heavy atom. The summed E-state index contributed by atoms with van der Waals surface area (Å²) in [5.74, 6) is 0.0214. The Morgan fingerprint density at radius 1 is 1.67 bits per heavy atom. The predicted octanol–water partition coefficient (Wildman–Crippen LogP) is 1.72. The standard InChI is InChI=1S/C13H13ClN2O5/c1-7(18)8-4-11(14)9(5-15)10(6-17)12(8)21-3-2-16-13(19)20/h4,6-7,16,18H,2-3H2,1H3,(H,19,20). The van der Waals surface area contributed by atoms with Crippen molar-refractivity contribution >= 4 is 24.0 Å². The highest BCUT2D eigenvalue weighted by Crippen LogP contribution is 2.35. The molecule has 0 radical (unpaired) electrons. The Balaban J connectivity index is 3.17. The maximum absolute atomic E-state index is 11.2. The summed E-state index contributed by atoms with van der Waals surface area (Å²) in [4.78, 5) is 21.5. The van der Waals surface area contributed by atoms with Crippen molar-refractivity contribution in [3.63, 3.8) is 0 Å². The molecule has 0 aromatic heterocycles. The van der Waals surface area contributed by atoms with Crippen LogP contribution in [0.4, 0.5) is 4.79 Å². The van der Waals surface area contributed by atoms with Crippen molar-refractivity contribution in [2.45, 2.75) is 13.0 Å². The van der Waals surface area contributed by atoms with Gasteiger partial charge in [-0.2, -0.15) is 5.26 Å². The lowest BCUT2D eigenvalue weighted by atomic mass is 10.0. The third kappa shape index (κ3) is 4.08. The molecular formula is C13H13ClN2O5. The number of benzene rings is 1. The van der Waals surface area contributed by atoms with Gasteiger partial charge in [0.15, 0.2) is 6.29 Å². The predicted molar refractivity (Wildman–Crippen MR) is 73.7 cm³/mol. The highest BCUT2D eigenvalue weighted by atomic mass is 35.5. The molecule has 0 bridgehead atoms. The van der Waals surface area contributed by atoms with Crippen LogP contribution in [0.2, 0.25) is 5.02 Å². The van der Waals surface area contributed by atoms with Crippen LogP contribution in [0.5, 0.6) is 5.75 Å². The maximum Gasteiger partial charge on any atom is 0.404 e. The normalized spacial score (nSPS) is 11.3. The summed E-state index contributed by atoms with van der Waals surface area (Å²) < 4.78 is 5.34. The summed E-state index contributed by atoms with van der Waals surface area (Å²) in [6.45, 7) is 1.37. The van der Waals surface area contributed by atoms with Crippen molar-refractivity contribution in [2.75, 3.05) is 13.2 Å². The summed E-state index contributed by atoms with van der Waals surface area (Å²) in [6.07, 6.45) is -1.77. The molecular weight excluding hydrogens is 300 g/mol. The van der Waals surface area contributed by atoms with Gasteiger partial charge >= 0.3 is 6.09 Å². The van der Waals surface area contributed by atoms with Gasteiger partial charge in [-0.3, -0.25) is 4.79 Å². The third-order valence-electron chi connectivity index (χ3n) is 2.60.